The third-order valence-corrected chi connectivity index (χ3v) is 2.60. The van der Waals surface area contributed by atoms with E-state index in [4.69, 9.17) is 4.74 Å². The Kier molecular flexibility index (Phi) is 11.9. The van der Waals surface area contributed by atoms with E-state index in [-0.39, 0.29) is 0 Å². The van der Waals surface area contributed by atoms with Crippen molar-refractivity contribution in [3.63, 3.8) is 0 Å². The summed E-state index contributed by atoms with van der Waals surface area (Å²) in [6.45, 7) is 9.75. The molecule has 0 saturated heterocycles. The van der Waals surface area contributed by atoms with Crippen LogP contribution in [-0.2, 0) is 4.74 Å². The standard InChI is InChI=1S/C13H29NO/c1-4-10-13(3)15-12-9-7-6-8-11-14-5-2/h13-14H,4-12H2,1-3H3. The van der Waals surface area contributed by atoms with Gasteiger partial charge in [-0.1, -0.05) is 33.1 Å². The van der Waals surface area contributed by atoms with Gasteiger partial charge in [0.15, 0.2) is 0 Å². The van der Waals surface area contributed by atoms with Gasteiger partial charge in [0, 0.05) is 6.61 Å². The van der Waals surface area contributed by atoms with Gasteiger partial charge in [-0.25, -0.2) is 0 Å². The molecule has 0 amide bonds. The first-order valence-corrected chi connectivity index (χ1v) is 6.63. The fourth-order valence-corrected chi connectivity index (χ4v) is 1.66. The fraction of sp³-hybridized carbons (Fsp3) is 1.00. The smallest absolute Gasteiger partial charge is 0.0546 e. The normalized spacial score (nSPS) is 13.0. The first kappa shape index (κ1) is 14.9. The van der Waals surface area contributed by atoms with Crippen molar-refractivity contribution in [2.24, 2.45) is 0 Å². The van der Waals surface area contributed by atoms with Crippen LogP contribution in [0.15, 0.2) is 0 Å². The Morgan fingerprint density at radius 1 is 1.07 bits per heavy atom. The minimum atomic E-state index is 0.455. The molecule has 1 N–H and O–H groups in total. The average Bonchev–Trinajstić information content (AvgIpc) is 2.22. The second-order valence-corrected chi connectivity index (χ2v) is 4.24. The van der Waals surface area contributed by atoms with Gasteiger partial charge in [0.1, 0.15) is 0 Å². The van der Waals surface area contributed by atoms with E-state index in [1.165, 1.54) is 45.1 Å². The highest BCUT2D eigenvalue weighted by Gasteiger charge is 1.99. The monoisotopic (exact) mass is 215 g/mol. The minimum absolute atomic E-state index is 0.455. The number of rotatable bonds is 11. The number of hydrogen-bond donors (Lipinski definition) is 1. The van der Waals surface area contributed by atoms with Gasteiger partial charge in [-0.3, -0.25) is 0 Å². The topological polar surface area (TPSA) is 21.3 Å². The van der Waals surface area contributed by atoms with Crippen LogP contribution in [0.5, 0.6) is 0 Å². The van der Waals surface area contributed by atoms with Gasteiger partial charge in [0.2, 0.25) is 0 Å². The molecule has 2 nitrogen and oxygen atoms in total. The fourth-order valence-electron chi connectivity index (χ4n) is 1.66. The van der Waals surface area contributed by atoms with Gasteiger partial charge < -0.3 is 10.1 Å². The highest BCUT2D eigenvalue weighted by Crippen LogP contribution is 2.04. The predicted octanol–water partition coefficient (Wildman–Crippen LogP) is 3.36. The average molecular weight is 215 g/mol. The van der Waals surface area contributed by atoms with Crippen molar-refractivity contribution in [1.29, 1.82) is 0 Å². The van der Waals surface area contributed by atoms with E-state index in [1.807, 2.05) is 0 Å². The SMILES string of the molecule is CCCC(C)OCCCCCCNCC. The van der Waals surface area contributed by atoms with Crippen LogP contribution in [0.3, 0.4) is 0 Å². The Bertz CT molecular complexity index is 117. The quantitative estimate of drug-likeness (QED) is 0.534. The third kappa shape index (κ3) is 11.8. The van der Waals surface area contributed by atoms with Gasteiger partial charge in [0.25, 0.3) is 0 Å². The molecule has 0 saturated carbocycles. The summed E-state index contributed by atoms with van der Waals surface area (Å²) in [5.41, 5.74) is 0. The molecule has 1 atom stereocenters. The van der Waals surface area contributed by atoms with Gasteiger partial charge in [0.05, 0.1) is 6.10 Å². The zero-order valence-corrected chi connectivity index (χ0v) is 10.8. The third-order valence-electron chi connectivity index (χ3n) is 2.60. The summed E-state index contributed by atoms with van der Waals surface area (Å²) >= 11 is 0. The van der Waals surface area contributed by atoms with Crippen LogP contribution in [-0.4, -0.2) is 25.8 Å². The predicted molar refractivity (Wildman–Crippen MR) is 67.3 cm³/mol. The summed E-state index contributed by atoms with van der Waals surface area (Å²) in [4.78, 5) is 0. The number of ether oxygens (including phenoxy) is 1. The van der Waals surface area contributed by atoms with Crippen LogP contribution < -0.4 is 5.32 Å². The van der Waals surface area contributed by atoms with Crippen molar-refractivity contribution in [2.75, 3.05) is 19.7 Å². The number of nitrogens with one attached hydrogen (secondary N) is 1. The van der Waals surface area contributed by atoms with E-state index < -0.39 is 0 Å². The van der Waals surface area contributed by atoms with E-state index >= 15 is 0 Å². The minimum Gasteiger partial charge on any atom is -0.379 e. The van der Waals surface area contributed by atoms with Crippen molar-refractivity contribution < 1.29 is 4.74 Å². The van der Waals surface area contributed by atoms with Gasteiger partial charge in [-0.05, 0) is 39.3 Å². The lowest BCUT2D eigenvalue weighted by Crippen LogP contribution is -2.13. The molecular formula is C13H29NO. The molecule has 0 radical (unpaired) electrons. The largest absolute Gasteiger partial charge is 0.379 e. The van der Waals surface area contributed by atoms with Crippen molar-refractivity contribution >= 4 is 0 Å². The second-order valence-electron chi connectivity index (χ2n) is 4.24. The van der Waals surface area contributed by atoms with Crippen LogP contribution in [0, 0.1) is 0 Å². The molecule has 0 rings (SSSR count). The highest BCUT2D eigenvalue weighted by molar-refractivity contribution is 4.50. The Morgan fingerprint density at radius 3 is 2.47 bits per heavy atom. The summed E-state index contributed by atoms with van der Waals surface area (Å²) in [6, 6.07) is 0. The van der Waals surface area contributed by atoms with Gasteiger partial charge >= 0.3 is 0 Å². The van der Waals surface area contributed by atoms with Gasteiger partial charge in [-0.2, -0.15) is 0 Å². The first-order valence-electron chi connectivity index (χ1n) is 6.63. The number of hydrogen-bond acceptors (Lipinski definition) is 2. The Labute approximate surface area is 95.8 Å². The van der Waals surface area contributed by atoms with Crippen LogP contribution in [0.1, 0.15) is 59.3 Å². The molecule has 92 valence electrons. The van der Waals surface area contributed by atoms with Crippen LogP contribution in [0.2, 0.25) is 0 Å². The molecule has 0 heterocycles. The van der Waals surface area contributed by atoms with E-state index in [2.05, 4.69) is 26.1 Å². The Balaban J connectivity index is 2.98. The molecule has 2 heteroatoms. The highest BCUT2D eigenvalue weighted by atomic mass is 16.5. The van der Waals surface area contributed by atoms with Crippen molar-refractivity contribution in [3.05, 3.63) is 0 Å². The van der Waals surface area contributed by atoms with E-state index in [1.54, 1.807) is 0 Å². The maximum Gasteiger partial charge on any atom is 0.0546 e. The van der Waals surface area contributed by atoms with Gasteiger partial charge in [-0.15, -0.1) is 0 Å². The molecule has 0 aromatic heterocycles. The van der Waals surface area contributed by atoms with E-state index in [0.717, 1.165) is 13.2 Å². The van der Waals surface area contributed by atoms with Crippen LogP contribution >= 0.6 is 0 Å². The summed E-state index contributed by atoms with van der Waals surface area (Å²) < 4.78 is 5.69. The lowest BCUT2D eigenvalue weighted by atomic mass is 10.2. The molecule has 0 aliphatic rings. The zero-order chi connectivity index (χ0) is 11.4. The Hall–Kier alpha value is -0.0800. The molecule has 1 unspecified atom stereocenters. The summed E-state index contributed by atoms with van der Waals surface area (Å²) in [5.74, 6) is 0. The molecule has 15 heavy (non-hydrogen) atoms. The summed E-state index contributed by atoms with van der Waals surface area (Å²) in [5, 5.41) is 3.34. The second kappa shape index (κ2) is 12.0. The molecule has 0 bridgehead atoms. The summed E-state index contributed by atoms with van der Waals surface area (Å²) in [7, 11) is 0. The summed E-state index contributed by atoms with van der Waals surface area (Å²) in [6.07, 6.45) is 8.04. The van der Waals surface area contributed by atoms with Crippen molar-refractivity contribution in [2.45, 2.75) is 65.4 Å². The molecule has 0 aliphatic carbocycles. The molecule has 0 fully saturated rings. The number of unbranched alkanes of at least 4 members (excludes halogenated alkanes) is 3. The Morgan fingerprint density at radius 2 is 1.80 bits per heavy atom. The van der Waals surface area contributed by atoms with Crippen LogP contribution in [0.4, 0.5) is 0 Å². The first-order chi connectivity index (χ1) is 7.31. The molecular weight excluding hydrogens is 186 g/mol. The van der Waals surface area contributed by atoms with E-state index in [9.17, 15) is 0 Å². The molecule has 0 aromatic carbocycles. The lowest BCUT2D eigenvalue weighted by Gasteiger charge is -2.11. The maximum atomic E-state index is 5.69. The molecule has 0 spiro atoms. The van der Waals surface area contributed by atoms with Crippen molar-refractivity contribution in [1.82, 2.24) is 5.32 Å². The zero-order valence-electron chi connectivity index (χ0n) is 10.8. The maximum absolute atomic E-state index is 5.69. The lowest BCUT2D eigenvalue weighted by molar-refractivity contribution is 0.0570. The van der Waals surface area contributed by atoms with E-state index in [0.29, 0.717) is 6.10 Å². The molecule has 0 aliphatic heterocycles. The van der Waals surface area contributed by atoms with Crippen molar-refractivity contribution in [3.8, 4) is 0 Å². The van der Waals surface area contributed by atoms with Crippen LogP contribution in [0.25, 0.3) is 0 Å². The molecule has 0 aromatic rings.